The Balaban J connectivity index is 1.05. The van der Waals surface area contributed by atoms with Gasteiger partial charge in [0.2, 0.25) is 0 Å². The zero-order valence-corrected chi connectivity index (χ0v) is 21.5. The Kier molecular flexibility index (Phi) is 8.27. The third-order valence-corrected chi connectivity index (χ3v) is 7.42. The number of benzene rings is 2. The molecule has 2 saturated heterocycles. The maximum atomic E-state index is 13.1. The van der Waals surface area contributed by atoms with Crippen molar-refractivity contribution in [1.29, 1.82) is 5.26 Å². The van der Waals surface area contributed by atoms with Crippen LogP contribution in [0, 0.1) is 17.1 Å². The van der Waals surface area contributed by atoms with Gasteiger partial charge < -0.3 is 10.2 Å². The van der Waals surface area contributed by atoms with Crippen molar-refractivity contribution >= 4 is 11.7 Å². The number of carbonyl (C=O) groups is 1. The first kappa shape index (κ1) is 25.8. The molecule has 7 nitrogen and oxygen atoms in total. The molecule has 3 aromatic rings. The molecule has 2 aromatic carbocycles. The van der Waals surface area contributed by atoms with Crippen LogP contribution in [0.15, 0.2) is 66.9 Å². The molecule has 0 atom stereocenters. The number of hydrogen-bond acceptors (Lipinski definition) is 6. The zero-order chi connectivity index (χ0) is 26.3. The lowest BCUT2D eigenvalue weighted by atomic mass is 10.0. The SMILES string of the molecule is N#Cc1ccc(CN2CCC(Nc3ccc(C(=O)N4CCN(Cc5ccc(F)cc5)CC4)cn3)CC2)cc1. The highest BCUT2D eigenvalue weighted by molar-refractivity contribution is 5.94. The number of hydrogen-bond donors (Lipinski definition) is 1. The summed E-state index contributed by atoms with van der Waals surface area (Å²) in [5, 5.41) is 12.5. The molecule has 0 aliphatic carbocycles. The molecule has 1 N–H and O–H groups in total. The van der Waals surface area contributed by atoms with E-state index in [9.17, 15) is 9.18 Å². The molecule has 0 spiro atoms. The fraction of sp³-hybridized carbons (Fsp3) is 0.367. The lowest BCUT2D eigenvalue weighted by Crippen LogP contribution is -2.48. The Morgan fingerprint density at radius 3 is 2.05 bits per heavy atom. The van der Waals surface area contributed by atoms with Gasteiger partial charge in [0.25, 0.3) is 5.91 Å². The minimum Gasteiger partial charge on any atom is -0.367 e. The Labute approximate surface area is 223 Å². The number of carbonyl (C=O) groups excluding carboxylic acids is 1. The molecule has 0 saturated carbocycles. The molecule has 2 aliphatic rings. The number of piperidine rings is 1. The van der Waals surface area contributed by atoms with Crippen LogP contribution in [-0.4, -0.2) is 70.9 Å². The van der Waals surface area contributed by atoms with Gasteiger partial charge in [-0.3, -0.25) is 14.6 Å². The quantitative estimate of drug-likeness (QED) is 0.513. The first-order chi connectivity index (χ1) is 18.6. The molecule has 0 radical (unpaired) electrons. The van der Waals surface area contributed by atoms with Crippen molar-refractivity contribution in [2.75, 3.05) is 44.6 Å². The number of rotatable bonds is 7. The van der Waals surface area contributed by atoms with Gasteiger partial charge in [0.05, 0.1) is 17.2 Å². The van der Waals surface area contributed by atoms with E-state index >= 15 is 0 Å². The van der Waals surface area contributed by atoms with Gasteiger partial charge in [-0.15, -0.1) is 0 Å². The van der Waals surface area contributed by atoms with Gasteiger partial charge in [-0.1, -0.05) is 24.3 Å². The second-order valence-corrected chi connectivity index (χ2v) is 10.1. The molecular formula is C30H33FN6O. The highest BCUT2D eigenvalue weighted by atomic mass is 19.1. The number of anilines is 1. The topological polar surface area (TPSA) is 75.5 Å². The van der Waals surface area contributed by atoms with Crippen molar-refractivity contribution in [2.45, 2.75) is 32.0 Å². The van der Waals surface area contributed by atoms with E-state index in [4.69, 9.17) is 5.26 Å². The van der Waals surface area contributed by atoms with E-state index in [0.29, 0.717) is 30.3 Å². The molecule has 0 unspecified atom stereocenters. The Hall–Kier alpha value is -3.80. The van der Waals surface area contributed by atoms with E-state index in [1.54, 1.807) is 6.20 Å². The monoisotopic (exact) mass is 512 g/mol. The number of pyridine rings is 1. The highest BCUT2D eigenvalue weighted by Gasteiger charge is 2.23. The van der Waals surface area contributed by atoms with Crippen LogP contribution < -0.4 is 5.32 Å². The molecule has 3 heterocycles. The van der Waals surface area contributed by atoms with Crippen LogP contribution in [0.25, 0.3) is 0 Å². The molecule has 2 aliphatic heterocycles. The van der Waals surface area contributed by atoms with Gasteiger partial charge in [-0.05, 0) is 60.4 Å². The predicted molar refractivity (Wildman–Crippen MR) is 145 cm³/mol. The van der Waals surface area contributed by atoms with Crippen molar-refractivity contribution in [3.05, 3.63) is 94.9 Å². The van der Waals surface area contributed by atoms with Gasteiger partial charge in [0, 0.05) is 64.6 Å². The summed E-state index contributed by atoms with van der Waals surface area (Å²) in [6, 6.07) is 20.7. The summed E-state index contributed by atoms with van der Waals surface area (Å²) < 4.78 is 13.1. The second-order valence-electron chi connectivity index (χ2n) is 10.1. The molecule has 2 fully saturated rings. The summed E-state index contributed by atoms with van der Waals surface area (Å²) in [5.74, 6) is 0.596. The highest BCUT2D eigenvalue weighted by Crippen LogP contribution is 2.19. The summed E-state index contributed by atoms with van der Waals surface area (Å²) in [6.45, 7) is 6.58. The average molecular weight is 513 g/mol. The number of nitriles is 1. The van der Waals surface area contributed by atoms with Crippen LogP contribution in [0.1, 0.15) is 39.9 Å². The number of likely N-dealkylation sites (tertiary alicyclic amines) is 1. The van der Waals surface area contributed by atoms with Crippen LogP contribution in [0.3, 0.4) is 0 Å². The van der Waals surface area contributed by atoms with E-state index < -0.39 is 0 Å². The molecule has 38 heavy (non-hydrogen) atoms. The normalized spacial score (nSPS) is 17.2. The Morgan fingerprint density at radius 1 is 0.868 bits per heavy atom. The van der Waals surface area contributed by atoms with Crippen LogP contribution in [0.4, 0.5) is 10.2 Å². The third kappa shape index (κ3) is 6.74. The standard InChI is InChI=1S/C30H33FN6O/c31-27-8-5-25(6-9-27)22-36-15-17-37(18-16-36)30(38)26-7-10-29(33-20-26)34-28-11-13-35(14-12-28)21-24-3-1-23(19-32)2-4-24/h1-10,20,28H,11-18,21-22H2,(H,33,34). The minimum absolute atomic E-state index is 0.0154. The van der Waals surface area contributed by atoms with Crippen molar-refractivity contribution < 1.29 is 9.18 Å². The zero-order valence-electron chi connectivity index (χ0n) is 21.5. The predicted octanol–water partition coefficient (Wildman–Crippen LogP) is 4.13. The fourth-order valence-electron chi connectivity index (χ4n) is 5.13. The summed E-state index contributed by atoms with van der Waals surface area (Å²) >= 11 is 0. The number of halogens is 1. The molecule has 0 bridgehead atoms. The Bertz CT molecular complexity index is 1240. The second kappa shape index (κ2) is 12.2. The van der Waals surface area contributed by atoms with Gasteiger partial charge in [-0.2, -0.15) is 5.26 Å². The van der Waals surface area contributed by atoms with Crippen molar-refractivity contribution in [3.63, 3.8) is 0 Å². The lowest BCUT2D eigenvalue weighted by molar-refractivity contribution is 0.0628. The number of amides is 1. The van der Waals surface area contributed by atoms with E-state index in [2.05, 4.69) is 26.2 Å². The molecule has 5 rings (SSSR count). The lowest BCUT2D eigenvalue weighted by Gasteiger charge is -2.34. The number of nitrogens with one attached hydrogen (secondary N) is 1. The van der Waals surface area contributed by atoms with Crippen LogP contribution in [0.5, 0.6) is 0 Å². The van der Waals surface area contributed by atoms with Crippen LogP contribution >= 0.6 is 0 Å². The number of piperazine rings is 1. The van der Waals surface area contributed by atoms with Crippen molar-refractivity contribution in [3.8, 4) is 6.07 Å². The number of aromatic nitrogens is 1. The molecule has 8 heteroatoms. The van der Waals surface area contributed by atoms with Crippen LogP contribution in [0.2, 0.25) is 0 Å². The van der Waals surface area contributed by atoms with Crippen LogP contribution in [-0.2, 0) is 13.1 Å². The van der Waals surface area contributed by atoms with Crippen molar-refractivity contribution in [1.82, 2.24) is 19.7 Å². The third-order valence-electron chi connectivity index (χ3n) is 7.42. The molecule has 1 aromatic heterocycles. The summed E-state index contributed by atoms with van der Waals surface area (Å²) in [7, 11) is 0. The summed E-state index contributed by atoms with van der Waals surface area (Å²) in [5.41, 5.74) is 3.61. The van der Waals surface area contributed by atoms with Gasteiger partial charge in [0.15, 0.2) is 0 Å². The van der Waals surface area contributed by atoms with Crippen molar-refractivity contribution in [2.24, 2.45) is 0 Å². The maximum absolute atomic E-state index is 13.1. The van der Waals surface area contributed by atoms with E-state index in [-0.39, 0.29) is 11.7 Å². The van der Waals surface area contributed by atoms with E-state index in [1.807, 2.05) is 53.4 Å². The van der Waals surface area contributed by atoms with E-state index in [0.717, 1.165) is 63.5 Å². The first-order valence-electron chi connectivity index (χ1n) is 13.3. The first-order valence-corrected chi connectivity index (χ1v) is 13.3. The summed E-state index contributed by atoms with van der Waals surface area (Å²) in [6.07, 6.45) is 3.73. The van der Waals surface area contributed by atoms with E-state index in [1.165, 1.54) is 17.7 Å². The summed E-state index contributed by atoms with van der Waals surface area (Å²) in [4.78, 5) is 24.2. The smallest absolute Gasteiger partial charge is 0.255 e. The maximum Gasteiger partial charge on any atom is 0.255 e. The molecule has 1 amide bonds. The Morgan fingerprint density at radius 2 is 1.47 bits per heavy atom. The molecule has 196 valence electrons. The molecular weight excluding hydrogens is 479 g/mol. The largest absolute Gasteiger partial charge is 0.367 e. The average Bonchev–Trinajstić information content (AvgIpc) is 2.96. The fourth-order valence-corrected chi connectivity index (χ4v) is 5.13. The minimum atomic E-state index is -0.222. The van der Waals surface area contributed by atoms with Gasteiger partial charge in [-0.25, -0.2) is 9.37 Å². The number of nitrogens with zero attached hydrogens (tertiary/aromatic N) is 5. The van der Waals surface area contributed by atoms with Gasteiger partial charge in [0.1, 0.15) is 11.6 Å². The van der Waals surface area contributed by atoms with Gasteiger partial charge >= 0.3 is 0 Å².